The second kappa shape index (κ2) is 3.66. The topological polar surface area (TPSA) is 40.5 Å². The van der Waals surface area contributed by atoms with E-state index in [0.29, 0.717) is 4.78 Å². The van der Waals surface area contributed by atoms with Crippen LogP contribution in [0.1, 0.15) is 5.56 Å². The molecule has 2 N–H and O–H groups in total. The fourth-order valence-corrected chi connectivity index (χ4v) is 3.22. The molecule has 0 bridgehead atoms. The van der Waals surface area contributed by atoms with Crippen LogP contribution in [0, 0.1) is 6.92 Å². The monoisotopic (exact) mass is 270 g/mol. The molecule has 0 aliphatic carbocycles. The number of fused-ring (bicyclic) bond motifs is 1. The highest BCUT2D eigenvalue weighted by Crippen LogP contribution is 2.29. The van der Waals surface area contributed by atoms with Gasteiger partial charge < -0.3 is 10.0 Å². The Balaban J connectivity index is 2.74. The first-order valence-electron chi connectivity index (χ1n) is 4.14. The summed E-state index contributed by atoms with van der Waals surface area (Å²) in [6.45, 7) is 2.01. The Hall–Kier alpha value is -0.355. The van der Waals surface area contributed by atoms with E-state index in [1.54, 1.807) is 0 Å². The molecule has 1 aromatic heterocycles. The molecule has 5 heteroatoms. The zero-order valence-electron chi connectivity index (χ0n) is 7.49. The summed E-state index contributed by atoms with van der Waals surface area (Å²) in [6, 6.07) is 6.03. The first-order chi connectivity index (χ1) is 6.59. The summed E-state index contributed by atoms with van der Waals surface area (Å²) in [7, 11) is -1.40. The van der Waals surface area contributed by atoms with Crippen LogP contribution in [0.4, 0.5) is 0 Å². The van der Waals surface area contributed by atoms with Crippen LogP contribution in [0.2, 0.25) is 0 Å². The summed E-state index contributed by atoms with van der Waals surface area (Å²) in [5.41, 5.74) is 1.16. The van der Waals surface area contributed by atoms with E-state index in [4.69, 9.17) is 10.0 Å². The second-order valence-corrected chi connectivity index (χ2v) is 5.03. The van der Waals surface area contributed by atoms with E-state index in [1.165, 1.54) is 11.3 Å². The SMILES string of the molecule is Cc1ccc2sc(B(O)O)c(Br)c2c1. The maximum atomic E-state index is 9.11. The van der Waals surface area contributed by atoms with Crippen LogP contribution in [-0.4, -0.2) is 17.2 Å². The lowest BCUT2D eigenvalue weighted by atomic mass is 9.89. The van der Waals surface area contributed by atoms with Crippen LogP contribution >= 0.6 is 27.3 Å². The van der Waals surface area contributed by atoms with Crippen LogP contribution in [0.15, 0.2) is 22.7 Å². The molecule has 0 atom stereocenters. The minimum atomic E-state index is -1.40. The number of halogens is 1. The van der Waals surface area contributed by atoms with Crippen LogP contribution in [-0.2, 0) is 0 Å². The predicted molar refractivity (Wildman–Crippen MR) is 64.1 cm³/mol. The Morgan fingerprint density at radius 2 is 2.07 bits per heavy atom. The Morgan fingerprint density at radius 1 is 1.36 bits per heavy atom. The molecule has 0 aliphatic rings. The molecule has 14 heavy (non-hydrogen) atoms. The van der Waals surface area contributed by atoms with Gasteiger partial charge in [0, 0.05) is 14.6 Å². The van der Waals surface area contributed by atoms with Gasteiger partial charge in [-0.2, -0.15) is 0 Å². The van der Waals surface area contributed by atoms with Crippen molar-refractivity contribution in [2.45, 2.75) is 6.92 Å². The van der Waals surface area contributed by atoms with Crippen molar-refractivity contribution in [2.75, 3.05) is 0 Å². The lowest BCUT2D eigenvalue weighted by Crippen LogP contribution is -2.27. The zero-order chi connectivity index (χ0) is 10.3. The van der Waals surface area contributed by atoms with Gasteiger partial charge in [0.2, 0.25) is 0 Å². The summed E-state index contributed by atoms with van der Waals surface area (Å²) < 4.78 is 2.41. The molecule has 0 saturated heterocycles. The summed E-state index contributed by atoms with van der Waals surface area (Å²) in [6.07, 6.45) is 0. The molecule has 1 heterocycles. The largest absolute Gasteiger partial charge is 0.500 e. The molecule has 2 aromatic rings. The highest BCUT2D eigenvalue weighted by atomic mass is 79.9. The van der Waals surface area contributed by atoms with Gasteiger partial charge in [0.15, 0.2) is 0 Å². The molecule has 0 radical (unpaired) electrons. The molecular weight excluding hydrogens is 263 g/mol. The van der Waals surface area contributed by atoms with Crippen molar-refractivity contribution in [3.63, 3.8) is 0 Å². The van der Waals surface area contributed by atoms with E-state index >= 15 is 0 Å². The van der Waals surface area contributed by atoms with Crippen molar-refractivity contribution in [3.05, 3.63) is 28.2 Å². The third kappa shape index (κ3) is 1.61. The minimum absolute atomic E-state index is 0.561. The van der Waals surface area contributed by atoms with Gasteiger partial charge in [-0.15, -0.1) is 11.3 Å². The molecule has 0 amide bonds. The highest BCUT2D eigenvalue weighted by Gasteiger charge is 2.20. The highest BCUT2D eigenvalue weighted by molar-refractivity contribution is 9.11. The molecule has 2 nitrogen and oxygen atoms in total. The van der Waals surface area contributed by atoms with Gasteiger partial charge >= 0.3 is 7.12 Å². The fourth-order valence-electron chi connectivity index (χ4n) is 1.37. The van der Waals surface area contributed by atoms with Crippen molar-refractivity contribution in [3.8, 4) is 0 Å². The van der Waals surface area contributed by atoms with Crippen LogP contribution in [0.5, 0.6) is 0 Å². The first kappa shape index (κ1) is 10.2. The van der Waals surface area contributed by atoms with Crippen LogP contribution in [0.3, 0.4) is 0 Å². The van der Waals surface area contributed by atoms with Crippen LogP contribution < -0.4 is 4.78 Å². The van der Waals surface area contributed by atoms with Gasteiger partial charge in [0.05, 0.1) is 4.78 Å². The van der Waals surface area contributed by atoms with Gasteiger partial charge in [0.25, 0.3) is 0 Å². The van der Waals surface area contributed by atoms with Crippen LogP contribution in [0.25, 0.3) is 10.1 Å². The van der Waals surface area contributed by atoms with Gasteiger partial charge in [0.1, 0.15) is 0 Å². The van der Waals surface area contributed by atoms with E-state index in [0.717, 1.165) is 20.1 Å². The Kier molecular flexibility index (Phi) is 2.66. The predicted octanol–water partition coefficient (Wildman–Crippen LogP) is 1.65. The summed E-state index contributed by atoms with van der Waals surface area (Å²) >= 11 is 4.77. The van der Waals surface area contributed by atoms with E-state index in [2.05, 4.69) is 15.9 Å². The molecule has 0 spiro atoms. The molecule has 0 unspecified atom stereocenters. The van der Waals surface area contributed by atoms with E-state index in [1.807, 2.05) is 25.1 Å². The summed E-state index contributed by atoms with van der Waals surface area (Å²) in [5, 5.41) is 19.3. The maximum Gasteiger partial charge on any atom is 0.500 e. The molecule has 1 aromatic carbocycles. The maximum absolute atomic E-state index is 9.11. The molecule has 0 saturated carbocycles. The Morgan fingerprint density at radius 3 is 2.71 bits per heavy atom. The second-order valence-electron chi connectivity index (χ2n) is 3.15. The minimum Gasteiger partial charge on any atom is -0.423 e. The molecule has 0 fully saturated rings. The quantitative estimate of drug-likeness (QED) is 0.774. The number of thiophene rings is 1. The van der Waals surface area contributed by atoms with E-state index in [9.17, 15) is 0 Å². The van der Waals surface area contributed by atoms with Crippen molar-refractivity contribution in [2.24, 2.45) is 0 Å². The van der Waals surface area contributed by atoms with Gasteiger partial charge in [-0.3, -0.25) is 0 Å². The average molecular weight is 271 g/mol. The van der Waals surface area contributed by atoms with Crippen molar-refractivity contribution < 1.29 is 10.0 Å². The Labute approximate surface area is 94.5 Å². The third-order valence-electron chi connectivity index (χ3n) is 2.04. The molecule has 2 rings (SSSR count). The number of aryl methyl sites for hydroxylation is 1. The average Bonchev–Trinajstić information content (AvgIpc) is 2.44. The first-order valence-corrected chi connectivity index (χ1v) is 5.75. The van der Waals surface area contributed by atoms with Crippen molar-refractivity contribution in [1.82, 2.24) is 0 Å². The Bertz CT molecular complexity index is 481. The number of rotatable bonds is 1. The smallest absolute Gasteiger partial charge is 0.423 e. The lowest BCUT2D eigenvalue weighted by Gasteiger charge is -1.94. The van der Waals surface area contributed by atoms with E-state index < -0.39 is 7.12 Å². The zero-order valence-corrected chi connectivity index (χ0v) is 9.89. The number of hydrogen-bond donors (Lipinski definition) is 2. The summed E-state index contributed by atoms with van der Waals surface area (Å²) in [4.78, 5) is 0. The van der Waals surface area contributed by atoms with Crippen molar-refractivity contribution in [1.29, 1.82) is 0 Å². The third-order valence-corrected chi connectivity index (χ3v) is 4.37. The van der Waals surface area contributed by atoms with Gasteiger partial charge in [-0.1, -0.05) is 11.6 Å². The van der Waals surface area contributed by atoms with Gasteiger partial charge in [-0.05, 0) is 35.0 Å². The van der Waals surface area contributed by atoms with Crippen molar-refractivity contribution >= 4 is 49.2 Å². The molecule has 72 valence electrons. The fraction of sp³-hybridized carbons (Fsp3) is 0.111. The molecular formula is C9H8BBrO2S. The van der Waals surface area contributed by atoms with E-state index in [-0.39, 0.29) is 0 Å². The number of hydrogen-bond acceptors (Lipinski definition) is 3. The summed E-state index contributed by atoms with van der Waals surface area (Å²) in [5.74, 6) is 0. The lowest BCUT2D eigenvalue weighted by molar-refractivity contribution is 0.426. The standard InChI is InChI=1S/C9H8BBrO2S/c1-5-2-3-7-6(4-5)8(11)9(14-7)10(12)13/h2-4,12-13H,1H3. The normalized spacial score (nSPS) is 10.9. The molecule has 0 aliphatic heterocycles. The van der Waals surface area contributed by atoms with Gasteiger partial charge in [-0.25, -0.2) is 0 Å². The number of benzene rings is 1.